The van der Waals surface area contributed by atoms with Gasteiger partial charge >= 0.3 is 0 Å². The molecule has 2 rings (SSSR count). The normalized spacial score (nSPS) is 36.1. The monoisotopic (exact) mass is 295 g/mol. The van der Waals surface area contributed by atoms with Crippen molar-refractivity contribution in [3.05, 3.63) is 0 Å². The van der Waals surface area contributed by atoms with Gasteiger partial charge in [-0.15, -0.1) is 0 Å². The van der Waals surface area contributed by atoms with Crippen LogP contribution in [0.1, 0.15) is 72.6 Å². The molecule has 0 aromatic rings. The van der Waals surface area contributed by atoms with Crippen LogP contribution in [-0.2, 0) is 9.53 Å². The Hall–Kier alpha value is -0.570. The lowest BCUT2D eigenvalue weighted by molar-refractivity contribution is -0.150. The molecule has 5 atom stereocenters. The van der Waals surface area contributed by atoms with Crippen LogP contribution in [0.15, 0.2) is 0 Å². The van der Waals surface area contributed by atoms with Crippen LogP contribution in [0.4, 0.5) is 0 Å². The van der Waals surface area contributed by atoms with E-state index < -0.39 is 0 Å². The maximum atomic E-state index is 12.8. The molecule has 0 spiro atoms. The molecule has 0 bridgehead atoms. The fourth-order valence-corrected chi connectivity index (χ4v) is 3.91. The summed E-state index contributed by atoms with van der Waals surface area (Å²) in [6.45, 7) is 9.58. The molecule has 0 N–H and O–H groups in total. The molecule has 0 aromatic heterocycles. The fourth-order valence-electron chi connectivity index (χ4n) is 3.91. The Kier molecular flexibility index (Phi) is 6.09. The third-order valence-electron chi connectivity index (χ3n) is 5.27. The summed E-state index contributed by atoms with van der Waals surface area (Å²) in [6, 6.07) is 0.360. The van der Waals surface area contributed by atoms with Crippen LogP contribution < -0.4 is 0 Å². The van der Waals surface area contributed by atoms with Crippen molar-refractivity contribution in [1.29, 1.82) is 0 Å². The van der Waals surface area contributed by atoms with E-state index in [1.54, 1.807) is 0 Å². The largest absolute Gasteiger partial charge is 0.365 e. The average Bonchev–Trinajstić information content (AvgIpc) is 2.59. The summed E-state index contributed by atoms with van der Waals surface area (Å²) in [5.41, 5.74) is 0. The Bertz CT molecular complexity index is 344. The van der Waals surface area contributed by atoms with Gasteiger partial charge in [-0.05, 0) is 51.4 Å². The third kappa shape index (κ3) is 4.70. The molecule has 0 radical (unpaired) electrons. The van der Waals surface area contributed by atoms with Crippen LogP contribution in [0.5, 0.6) is 0 Å². The van der Waals surface area contributed by atoms with Crippen molar-refractivity contribution < 1.29 is 9.53 Å². The van der Waals surface area contributed by atoms with E-state index in [0.717, 1.165) is 31.7 Å². The summed E-state index contributed by atoms with van der Waals surface area (Å²) in [7, 11) is 0. The van der Waals surface area contributed by atoms with Crippen LogP contribution in [0.3, 0.4) is 0 Å². The van der Waals surface area contributed by atoms with Crippen LogP contribution in [0, 0.1) is 11.8 Å². The number of ether oxygens (including phenoxy) is 1. The Morgan fingerprint density at radius 1 is 1.05 bits per heavy atom. The highest BCUT2D eigenvalue weighted by atomic mass is 16.5. The van der Waals surface area contributed by atoms with Gasteiger partial charge in [-0.1, -0.05) is 33.1 Å². The van der Waals surface area contributed by atoms with Crippen LogP contribution >= 0.6 is 0 Å². The minimum atomic E-state index is -0.284. The number of carbonyl (C=O) groups is 1. The van der Waals surface area contributed by atoms with Crippen molar-refractivity contribution in [2.45, 2.75) is 90.9 Å². The van der Waals surface area contributed by atoms with Crippen molar-refractivity contribution in [3.8, 4) is 0 Å². The zero-order chi connectivity index (χ0) is 15.4. The first-order chi connectivity index (χ1) is 9.97. The van der Waals surface area contributed by atoms with Crippen LogP contribution in [0.25, 0.3) is 0 Å². The molecule has 1 heterocycles. The summed E-state index contributed by atoms with van der Waals surface area (Å²) in [5.74, 6) is 1.55. The van der Waals surface area contributed by atoms with Crippen molar-refractivity contribution in [3.63, 3.8) is 0 Å². The Morgan fingerprint density at radius 2 is 1.71 bits per heavy atom. The molecule has 1 amide bonds. The van der Waals surface area contributed by atoms with Crippen molar-refractivity contribution in [2.24, 2.45) is 11.8 Å². The summed E-state index contributed by atoms with van der Waals surface area (Å²) in [4.78, 5) is 14.8. The number of hydrogen-bond acceptors (Lipinski definition) is 2. The topological polar surface area (TPSA) is 29.5 Å². The number of rotatable bonds is 3. The van der Waals surface area contributed by atoms with Gasteiger partial charge in [0.05, 0.1) is 6.10 Å². The lowest BCUT2D eigenvalue weighted by Gasteiger charge is -2.34. The number of nitrogens with zero attached hydrogens (tertiary/aromatic N) is 1. The van der Waals surface area contributed by atoms with E-state index in [0.29, 0.717) is 12.0 Å². The molecule has 2 fully saturated rings. The van der Waals surface area contributed by atoms with E-state index in [1.165, 1.54) is 25.7 Å². The quantitative estimate of drug-likeness (QED) is 0.787. The average molecular weight is 295 g/mol. The maximum absolute atomic E-state index is 12.8. The van der Waals surface area contributed by atoms with Gasteiger partial charge in [0.25, 0.3) is 5.91 Å². The second-order valence-corrected chi connectivity index (χ2v) is 7.55. The highest BCUT2D eigenvalue weighted by molar-refractivity contribution is 5.80. The third-order valence-corrected chi connectivity index (χ3v) is 5.27. The van der Waals surface area contributed by atoms with Gasteiger partial charge < -0.3 is 9.64 Å². The minimum Gasteiger partial charge on any atom is -0.365 e. The van der Waals surface area contributed by atoms with Gasteiger partial charge in [0.2, 0.25) is 0 Å². The number of hydrogen-bond donors (Lipinski definition) is 0. The Labute approximate surface area is 130 Å². The fraction of sp³-hybridized carbons (Fsp3) is 0.944. The Balaban J connectivity index is 1.90. The molecule has 1 aliphatic heterocycles. The van der Waals surface area contributed by atoms with E-state index >= 15 is 0 Å². The van der Waals surface area contributed by atoms with Gasteiger partial charge in [0.1, 0.15) is 6.10 Å². The predicted molar refractivity (Wildman–Crippen MR) is 86.2 cm³/mol. The molecule has 21 heavy (non-hydrogen) atoms. The number of likely N-dealkylation sites (tertiary alicyclic amines) is 1. The molecular formula is C18H33NO2. The smallest absolute Gasteiger partial charge is 0.251 e. The summed E-state index contributed by atoms with van der Waals surface area (Å²) in [6.07, 6.45) is 8.39. The number of carbonyl (C=O) groups excluding carboxylic acids is 1. The second kappa shape index (κ2) is 7.62. The van der Waals surface area contributed by atoms with Gasteiger partial charge in [0, 0.05) is 12.6 Å². The molecule has 3 nitrogen and oxygen atoms in total. The zero-order valence-corrected chi connectivity index (χ0v) is 14.3. The molecule has 0 unspecified atom stereocenters. The van der Waals surface area contributed by atoms with E-state index in [2.05, 4.69) is 25.7 Å². The van der Waals surface area contributed by atoms with Gasteiger partial charge in [-0.3, -0.25) is 4.79 Å². The molecule has 1 saturated carbocycles. The van der Waals surface area contributed by atoms with E-state index in [-0.39, 0.29) is 18.1 Å². The second-order valence-electron chi connectivity index (χ2n) is 7.55. The first-order valence-corrected chi connectivity index (χ1v) is 8.93. The lowest BCUT2D eigenvalue weighted by Crippen LogP contribution is -2.46. The molecular weight excluding hydrogens is 262 g/mol. The minimum absolute atomic E-state index is 0.203. The van der Waals surface area contributed by atoms with Crippen LogP contribution in [0.2, 0.25) is 0 Å². The van der Waals surface area contributed by atoms with Gasteiger partial charge in [-0.25, -0.2) is 0 Å². The lowest BCUT2D eigenvalue weighted by atomic mass is 9.88. The first-order valence-electron chi connectivity index (χ1n) is 8.93. The molecule has 1 saturated heterocycles. The van der Waals surface area contributed by atoms with E-state index in [1.807, 2.05) is 6.92 Å². The molecule has 1 aliphatic carbocycles. The van der Waals surface area contributed by atoms with E-state index in [9.17, 15) is 4.79 Å². The molecule has 3 heteroatoms. The maximum Gasteiger partial charge on any atom is 0.251 e. The van der Waals surface area contributed by atoms with Crippen molar-refractivity contribution >= 4 is 5.91 Å². The Morgan fingerprint density at radius 3 is 2.43 bits per heavy atom. The summed E-state index contributed by atoms with van der Waals surface area (Å²) in [5, 5.41) is 0. The highest BCUT2D eigenvalue weighted by Crippen LogP contribution is 2.27. The van der Waals surface area contributed by atoms with Crippen molar-refractivity contribution in [1.82, 2.24) is 4.90 Å². The summed E-state index contributed by atoms with van der Waals surface area (Å²) < 4.78 is 6.11. The molecule has 122 valence electrons. The zero-order valence-electron chi connectivity index (χ0n) is 14.3. The molecule has 2 aliphatic rings. The highest BCUT2D eigenvalue weighted by Gasteiger charge is 2.31. The predicted octanol–water partition coefficient (Wildman–Crippen LogP) is 4.01. The van der Waals surface area contributed by atoms with E-state index in [4.69, 9.17) is 4.74 Å². The number of amides is 1. The SMILES string of the molecule is C[C@@H]1CCC[C@H](O[C@H](C)C(=O)N2C[C@@H](C)CCC[C@@H]2C)C1. The van der Waals surface area contributed by atoms with Gasteiger partial charge in [0.15, 0.2) is 0 Å². The molecule has 0 aromatic carbocycles. The van der Waals surface area contributed by atoms with Crippen molar-refractivity contribution in [2.75, 3.05) is 6.54 Å². The standard InChI is InChI=1S/C18H33NO2/c1-13-7-6-10-17(11-13)21-16(4)18(20)19-12-14(2)8-5-9-15(19)3/h13-17H,5-12H2,1-4H3/t13-,14+,15+,16-,17+/m1/s1. The first kappa shape index (κ1) is 16.8. The van der Waals surface area contributed by atoms with Gasteiger partial charge in [-0.2, -0.15) is 0 Å². The summed E-state index contributed by atoms with van der Waals surface area (Å²) >= 11 is 0. The van der Waals surface area contributed by atoms with Crippen LogP contribution in [-0.4, -0.2) is 35.6 Å².